The Hall–Kier alpha value is -4.45. The third kappa shape index (κ3) is 11.9. The third-order valence-corrected chi connectivity index (χ3v) is 8.46. The first-order valence-electron chi connectivity index (χ1n) is 17.6. The van der Waals surface area contributed by atoms with Crippen LogP contribution in [0.2, 0.25) is 0 Å². The molecule has 0 aromatic heterocycles. The van der Waals surface area contributed by atoms with E-state index in [1.165, 1.54) is 0 Å². The van der Waals surface area contributed by atoms with E-state index in [0.717, 1.165) is 51.0 Å². The number of carbonyl (C=O) groups is 3. The number of anilines is 2. The van der Waals surface area contributed by atoms with Gasteiger partial charge in [-0.1, -0.05) is 18.2 Å². The average Bonchev–Trinajstić information content (AvgIpc) is 3.10. The van der Waals surface area contributed by atoms with E-state index < -0.39 is 0 Å². The number of piperazine rings is 1. The monoisotopic (exact) mass is 687 g/mol. The largest absolute Gasteiger partial charge is 0.493 e. The first kappa shape index (κ1) is 38.4. The minimum absolute atomic E-state index is 0.0579. The molecule has 3 amide bonds. The number of carbonyl (C=O) groups excluding carboxylic acids is 3. The highest BCUT2D eigenvalue weighted by Crippen LogP contribution is 2.28. The van der Waals surface area contributed by atoms with Crippen LogP contribution in [0.3, 0.4) is 0 Å². The van der Waals surface area contributed by atoms with Gasteiger partial charge in [0.1, 0.15) is 11.5 Å². The fourth-order valence-corrected chi connectivity index (χ4v) is 5.47. The molecule has 4 rings (SSSR count). The summed E-state index contributed by atoms with van der Waals surface area (Å²) in [5, 5.41) is 5.98. The Morgan fingerprint density at radius 3 is 2.26 bits per heavy atom. The summed E-state index contributed by atoms with van der Waals surface area (Å²) in [5.41, 5.74) is 9.17. The van der Waals surface area contributed by atoms with Crippen LogP contribution in [0.5, 0.6) is 11.5 Å². The van der Waals surface area contributed by atoms with Crippen LogP contribution in [0.1, 0.15) is 77.8 Å². The number of amides is 3. The highest BCUT2D eigenvalue weighted by atomic mass is 16.5. The zero-order valence-electron chi connectivity index (χ0n) is 30.0. The smallest absolute Gasteiger partial charge is 0.259 e. The van der Waals surface area contributed by atoms with Crippen molar-refractivity contribution in [1.29, 1.82) is 0 Å². The number of ether oxygens (including phenoxy) is 3. The second kappa shape index (κ2) is 19.7. The zero-order valence-corrected chi connectivity index (χ0v) is 30.0. The Labute approximate surface area is 296 Å². The summed E-state index contributed by atoms with van der Waals surface area (Å²) in [6.07, 6.45) is 3.67. The van der Waals surface area contributed by atoms with Crippen molar-refractivity contribution < 1.29 is 28.6 Å². The topological polar surface area (TPSA) is 135 Å². The summed E-state index contributed by atoms with van der Waals surface area (Å²) >= 11 is 0. The molecule has 1 fully saturated rings. The lowest BCUT2D eigenvalue weighted by Gasteiger charge is -2.32. The molecule has 3 aromatic rings. The Balaban J connectivity index is 1.37. The number of unbranched alkanes of at least 4 members (excludes halogenated alkanes) is 2. The first-order valence-corrected chi connectivity index (χ1v) is 17.6. The van der Waals surface area contributed by atoms with Gasteiger partial charge in [0.25, 0.3) is 11.8 Å². The molecule has 4 N–H and O–H groups in total. The average molecular weight is 688 g/mol. The molecule has 11 nitrogen and oxygen atoms in total. The van der Waals surface area contributed by atoms with Gasteiger partial charge in [-0.2, -0.15) is 0 Å². The van der Waals surface area contributed by atoms with Crippen molar-refractivity contribution in [2.75, 3.05) is 63.6 Å². The van der Waals surface area contributed by atoms with E-state index >= 15 is 0 Å². The van der Waals surface area contributed by atoms with Crippen LogP contribution in [0, 0.1) is 6.92 Å². The molecule has 0 aliphatic carbocycles. The van der Waals surface area contributed by atoms with Gasteiger partial charge in [-0.3, -0.25) is 14.4 Å². The van der Waals surface area contributed by atoms with Crippen molar-refractivity contribution in [3.63, 3.8) is 0 Å². The van der Waals surface area contributed by atoms with Crippen LogP contribution in [0.4, 0.5) is 11.4 Å². The van der Waals surface area contributed by atoms with E-state index in [1.54, 1.807) is 36.4 Å². The number of para-hydroxylation sites is 1. The highest BCUT2D eigenvalue weighted by Gasteiger charge is 2.19. The Morgan fingerprint density at radius 1 is 0.800 bits per heavy atom. The third-order valence-electron chi connectivity index (χ3n) is 8.46. The fourth-order valence-electron chi connectivity index (χ4n) is 5.47. The van der Waals surface area contributed by atoms with Gasteiger partial charge in [-0.25, -0.2) is 0 Å². The van der Waals surface area contributed by atoms with E-state index in [-0.39, 0.29) is 30.4 Å². The van der Waals surface area contributed by atoms with E-state index in [2.05, 4.69) is 22.6 Å². The number of benzene rings is 3. The Bertz CT molecular complexity index is 1570. The molecule has 270 valence electrons. The fraction of sp³-hybridized carbons (Fsp3) is 0.462. The van der Waals surface area contributed by atoms with Gasteiger partial charge >= 0.3 is 0 Å². The quantitative estimate of drug-likeness (QED) is 0.142. The van der Waals surface area contributed by atoms with Gasteiger partial charge in [0.15, 0.2) is 0 Å². The molecule has 1 heterocycles. The van der Waals surface area contributed by atoms with Crippen LogP contribution < -0.4 is 25.8 Å². The van der Waals surface area contributed by atoms with Gasteiger partial charge in [0, 0.05) is 49.4 Å². The lowest BCUT2D eigenvalue weighted by Crippen LogP contribution is -2.47. The lowest BCUT2D eigenvalue weighted by molar-refractivity contribution is -0.132. The molecular weight excluding hydrogens is 634 g/mol. The number of nitrogens with two attached hydrogens (primary N) is 1. The summed E-state index contributed by atoms with van der Waals surface area (Å²) in [4.78, 5) is 43.6. The number of nitrogens with zero attached hydrogens (tertiary/aromatic N) is 2. The maximum absolute atomic E-state index is 13.5. The summed E-state index contributed by atoms with van der Waals surface area (Å²) in [6, 6.07) is 17.8. The van der Waals surface area contributed by atoms with Crippen LogP contribution in [0.25, 0.3) is 0 Å². The van der Waals surface area contributed by atoms with Gasteiger partial charge in [0.2, 0.25) is 5.91 Å². The molecule has 0 spiro atoms. The van der Waals surface area contributed by atoms with Gasteiger partial charge in [-0.05, 0) is 108 Å². The predicted octanol–water partition coefficient (Wildman–Crippen LogP) is 5.87. The van der Waals surface area contributed by atoms with Crippen molar-refractivity contribution in [2.45, 2.75) is 65.6 Å². The van der Waals surface area contributed by atoms with Crippen LogP contribution in [-0.4, -0.2) is 86.6 Å². The minimum Gasteiger partial charge on any atom is -0.493 e. The molecule has 1 aliphatic heterocycles. The molecule has 0 radical (unpaired) electrons. The van der Waals surface area contributed by atoms with Crippen LogP contribution >= 0.6 is 0 Å². The summed E-state index contributed by atoms with van der Waals surface area (Å²) < 4.78 is 17.8. The number of aryl methyl sites for hydroxylation is 1. The molecule has 1 aliphatic rings. The molecule has 0 bridgehead atoms. The van der Waals surface area contributed by atoms with E-state index in [1.807, 2.05) is 49.9 Å². The number of likely N-dealkylation sites (N-methyl/N-ethyl adjacent to an activating group) is 1. The molecule has 11 heteroatoms. The maximum Gasteiger partial charge on any atom is 0.259 e. The van der Waals surface area contributed by atoms with Gasteiger partial charge in [-0.15, -0.1) is 0 Å². The second-order valence-electron chi connectivity index (χ2n) is 13.0. The summed E-state index contributed by atoms with van der Waals surface area (Å²) in [5.74, 6) is 0.641. The second-order valence-corrected chi connectivity index (χ2v) is 13.0. The number of nitrogens with one attached hydrogen (secondary N) is 2. The van der Waals surface area contributed by atoms with Gasteiger partial charge in [0.05, 0.1) is 37.2 Å². The number of hydrogen-bond donors (Lipinski definition) is 3. The standard InChI is InChI=1S/C39H53N5O6/c1-28(2)50-27-31-26-30(15-17-33(31)41-39(47)32-11-7-8-12-35(32)48-24-10-18-40)38(46)42-34-16-14-29(3)25-36(34)49-23-9-5-6-13-37(45)44-21-19-43(4)20-22-44/h7-8,11-12,14-17,25-26,28H,5-6,9-10,13,18-24,27,40H2,1-4H3,(H,41,47)(H,42,46). The zero-order chi connectivity index (χ0) is 35.9. The van der Waals surface area contributed by atoms with Crippen molar-refractivity contribution in [3.8, 4) is 11.5 Å². The summed E-state index contributed by atoms with van der Waals surface area (Å²) in [6.45, 7) is 10.9. The van der Waals surface area contributed by atoms with Crippen molar-refractivity contribution in [3.05, 3.63) is 82.9 Å². The molecule has 0 saturated carbocycles. The van der Waals surface area contributed by atoms with Crippen LogP contribution in [0.15, 0.2) is 60.7 Å². The minimum atomic E-state index is -0.334. The lowest BCUT2D eigenvalue weighted by atomic mass is 10.1. The molecule has 0 unspecified atom stereocenters. The van der Waals surface area contributed by atoms with Crippen LogP contribution in [-0.2, 0) is 16.1 Å². The molecule has 0 atom stereocenters. The maximum atomic E-state index is 13.5. The number of rotatable bonds is 18. The Kier molecular flexibility index (Phi) is 15.1. The van der Waals surface area contributed by atoms with Gasteiger partial charge < -0.3 is 40.4 Å². The predicted molar refractivity (Wildman–Crippen MR) is 197 cm³/mol. The Morgan fingerprint density at radius 2 is 1.50 bits per heavy atom. The van der Waals surface area contributed by atoms with E-state index in [4.69, 9.17) is 19.9 Å². The normalized spacial score (nSPS) is 13.3. The van der Waals surface area contributed by atoms with Crippen molar-refractivity contribution in [2.24, 2.45) is 5.73 Å². The molecule has 50 heavy (non-hydrogen) atoms. The van der Waals surface area contributed by atoms with E-state index in [0.29, 0.717) is 72.2 Å². The molecule has 1 saturated heterocycles. The highest BCUT2D eigenvalue weighted by molar-refractivity contribution is 6.08. The molecular formula is C39H53N5O6. The van der Waals surface area contributed by atoms with E-state index in [9.17, 15) is 14.4 Å². The van der Waals surface area contributed by atoms with Crippen molar-refractivity contribution in [1.82, 2.24) is 9.80 Å². The number of hydrogen-bond acceptors (Lipinski definition) is 8. The van der Waals surface area contributed by atoms with Crippen molar-refractivity contribution >= 4 is 29.1 Å². The molecule has 3 aromatic carbocycles. The SMILES string of the molecule is Cc1ccc(NC(=O)c2ccc(NC(=O)c3ccccc3OCCCN)c(COC(C)C)c2)c(OCCCCCC(=O)N2CCN(C)CC2)c1. The first-order chi connectivity index (χ1) is 24.1. The summed E-state index contributed by atoms with van der Waals surface area (Å²) in [7, 11) is 2.08.